The summed E-state index contributed by atoms with van der Waals surface area (Å²) in [5.74, 6) is 0.757. The minimum absolute atomic E-state index is 0.00499. The minimum atomic E-state index is -0.0433. The van der Waals surface area contributed by atoms with Crippen LogP contribution in [0.2, 0.25) is 0 Å². The van der Waals surface area contributed by atoms with Crippen LogP contribution < -0.4 is 4.74 Å². The van der Waals surface area contributed by atoms with Gasteiger partial charge in [-0.05, 0) is 31.5 Å². The van der Waals surface area contributed by atoms with Gasteiger partial charge >= 0.3 is 0 Å². The van der Waals surface area contributed by atoms with Gasteiger partial charge in [-0.2, -0.15) is 0 Å². The third kappa shape index (κ3) is 5.22. The fraction of sp³-hybridized carbons (Fsp3) is 0.444. The molecule has 0 unspecified atom stereocenters. The molecule has 1 aliphatic rings. The Hall–Kier alpha value is -2.54. The molecule has 1 aliphatic heterocycles. The van der Waals surface area contributed by atoms with Gasteiger partial charge in [0.15, 0.2) is 6.61 Å². The van der Waals surface area contributed by atoms with Crippen molar-refractivity contribution in [1.29, 1.82) is 0 Å². The Labute approximate surface area is 147 Å². The number of ether oxygens (including phenoxy) is 2. The van der Waals surface area contributed by atoms with Crippen LogP contribution in [0.4, 0.5) is 0 Å². The van der Waals surface area contributed by atoms with Gasteiger partial charge in [0.1, 0.15) is 12.1 Å². The quantitative estimate of drug-likeness (QED) is 0.814. The van der Waals surface area contributed by atoms with E-state index >= 15 is 0 Å². The maximum atomic E-state index is 12.5. The Morgan fingerprint density at radius 1 is 1.44 bits per heavy atom. The van der Waals surface area contributed by atoms with Crippen LogP contribution in [0.25, 0.3) is 0 Å². The van der Waals surface area contributed by atoms with Crippen molar-refractivity contribution in [2.45, 2.75) is 13.3 Å². The van der Waals surface area contributed by atoms with Crippen molar-refractivity contribution < 1.29 is 14.3 Å². The summed E-state index contributed by atoms with van der Waals surface area (Å²) in [5, 5.41) is 0. The van der Waals surface area contributed by atoms with Gasteiger partial charge in [-0.3, -0.25) is 9.78 Å². The molecule has 0 saturated carbocycles. The van der Waals surface area contributed by atoms with E-state index in [9.17, 15) is 4.79 Å². The summed E-state index contributed by atoms with van der Waals surface area (Å²) in [6.45, 7) is 4.33. The van der Waals surface area contributed by atoms with Gasteiger partial charge in [0, 0.05) is 36.6 Å². The summed E-state index contributed by atoms with van der Waals surface area (Å²) in [7, 11) is 0. The maximum Gasteiger partial charge on any atom is 0.260 e. The van der Waals surface area contributed by atoms with E-state index in [-0.39, 0.29) is 18.4 Å². The number of carbonyl (C=O) groups is 1. The molecule has 1 atom stereocenters. The van der Waals surface area contributed by atoms with Crippen molar-refractivity contribution in [1.82, 2.24) is 19.9 Å². The van der Waals surface area contributed by atoms with E-state index in [4.69, 9.17) is 9.47 Å². The van der Waals surface area contributed by atoms with Crippen molar-refractivity contribution in [3.05, 3.63) is 48.3 Å². The molecule has 2 aromatic rings. The molecule has 0 bridgehead atoms. The van der Waals surface area contributed by atoms with E-state index in [1.165, 1.54) is 0 Å². The first kappa shape index (κ1) is 17.3. The van der Waals surface area contributed by atoms with Gasteiger partial charge < -0.3 is 14.4 Å². The smallest absolute Gasteiger partial charge is 0.260 e. The van der Waals surface area contributed by atoms with E-state index in [1.807, 2.05) is 17.9 Å². The van der Waals surface area contributed by atoms with Gasteiger partial charge in [0.2, 0.25) is 0 Å². The summed E-state index contributed by atoms with van der Waals surface area (Å²) in [5.41, 5.74) is 1.92. The zero-order valence-corrected chi connectivity index (χ0v) is 14.3. The number of amides is 1. The predicted octanol–water partition coefficient (Wildman–Crippen LogP) is 1.28. The zero-order chi connectivity index (χ0) is 17.5. The highest BCUT2D eigenvalue weighted by molar-refractivity contribution is 5.77. The van der Waals surface area contributed by atoms with Crippen LogP contribution >= 0.6 is 0 Å². The van der Waals surface area contributed by atoms with E-state index in [1.54, 1.807) is 30.9 Å². The Bertz CT molecular complexity index is 696. The van der Waals surface area contributed by atoms with E-state index in [0.717, 1.165) is 17.8 Å². The summed E-state index contributed by atoms with van der Waals surface area (Å²) in [6.07, 6.45) is 5.60. The van der Waals surface area contributed by atoms with Crippen LogP contribution in [0.1, 0.15) is 11.4 Å². The number of aromatic nitrogens is 3. The largest absolute Gasteiger partial charge is 0.482 e. The lowest BCUT2D eigenvalue weighted by molar-refractivity contribution is -0.133. The number of pyridine rings is 1. The maximum absolute atomic E-state index is 12.5. The first-order valence-electron chi connectivity index (χ1n) is 8.36. The number of carbonyl (C=O) groups excluding carboxylic acids is 1. The molecular formula is C18H22N4O3. The summed E-state index contributed by atoms with van der Waals surface area (Å²) >= 11 is 0. The number of hydrogen-bond donors (Lipinski definition) is 0. The van der Waals surface area contributed by atoms with Crippen molar-refractivity contribution in [2.24, 2.45) is 5.92 Å². The fourth-order valence-corrected chi connectivity index (χ4v) is 2.82. The third-order valence-corrected chi connectivity index (χ3v) is 4.05. The summed E-state index contributed by atoms with van der Waals surface area (Å²) < 4.78 is 11.2. The van der Waals surface area contributed by atoms with Crippen molar-refractivity contribution in [3.8, 4) is 5.75 Å². The molecule has 7 nitrogen and oxygen atoms in total. The normalized spacial score (nSPS) is 17.8. The Morgan fingerprint density at radius 2 is 2.36 bits per heavy atom. The van der Waals surface area contributed by atoms with Gasteiger partial charge in [-0.25, -0.2) is 9.97 Å². The predicted molar refractivity (Wildman–Crippen MR) is 91.1 cm³/mol. The molecule has 1 fully saturated rings. The van der Waals surface area contributed by atoms with E-state index in [0.29, 0.717) is 32.1 Å². The standard InChI is InChI=1S/C18H22N4O3/c1-14-7-16(21-13-20-14)8-15-10-22(5-6-24-11-15)18(23)12-25-17-3-2-4-19-9-17/h2-4,7,9,13,15H,5-6,8,10-12H2,1H3/t15-/m1/s1. The van der Waals surface area contributed by atoms with Gasteiger partial charge in [0.05, 0.1) is 19.4 Å². The molecule has 1 amide bonds. The highest BCUT2D eigenvalue weighted by atomic mass is 16.5. The van der Waals surface area contributed by atoms with Gasteiger partial charge in [0.25, 0.3) is 5.91 Å². The molecule has 3 heterocycles. The SMILES string of the molecule is Cc1cc(C[C@H]2COCCN(C(=O)COc3cccnc3)C2)ncn1. The first-order chi connectivity index (χ1) is 12.2. The molecule has 25 heavy (non-hydrogen) atoms. The second kappa shape index (κ2) is 8.53. The number of aryl methyl sites for hydroxylation is 1. The molecule has 0 spiro atoms. The third-order valence-electron chi connectivity index (χ3n) is 4.05. The number of nitrogens with zero attached hydrogens (tertiary/aromatic N) is 4. The first-order valence-corrected chi connectivity index (χ1v) is 8.36. The Morgan fingerprint density at radius 3 is 3.16 bits per heavy atom. The number of rotatable bonds is 5. The molecule has 3 rings (SSSR count). The van der Waals surface area contributed by atoms with Crippen molar-refractivity contribution >= 4 is 5.91 Å². The zero-order valence-electron chi connectivity index (χ0n) is 14.3. The highest BCUT2D eigenvalue weighted by Crippen LogP contribution is 2.14. The highest BCUT2D eigenvalue weighted by Gasteiger charge is 2.23. The summed E-state index contributed by atoms with van der Waals surface area (Å²) in [6, 6.07) is 5.54. The molecule has 0 N–H and O–H groups in total. The average Bonchev–Trinajstić information content (AvgIpc) is 2.86. The summed E-state index contributed by atoms with van der Waals surface area (Å²) in [4.78, 5) is 26.7. The molecule has 0 radical (unpaired) electrons. The van der Waals surface area contributed by atoms with Crippen molar-refractivity contribution in [3.63, 3.8) is 0 Å². The lowest BCUT2D eigenvalue weighted by Gasteiger charge is -2.23. The molecule has 2 aromatic heterocycles. The number of hydrogen-bond acceptors (Lipinski definition) is 6. The van der Waals surface area contributed by atoms with E-state index in [2.05, 4.69) is 15.0 Å². The molecule has 0 aromatic carbocycles. The topological polar surface area (TPSA) is 77.4 Å². The van der Waals surface area contributed by atoms with Crippen LogP contribution in [0, 0.1) is 12.8 Å². The lowest BCUT2D eigenvalue weighted by Crippen LogP contribution is -2.39. The average molecular weight is 342 g/mol. The van der Waals surface area contributed by atoms with Crippen molar-refractivity contribution in [2.75, 3.05) is 32.9 Å². The molecule has 1 saturated heterocycles. The lowest BCUT2D eigenvalue weighted by atomic mass is 10.0. The van der Waals surface area contributed by atoms with Crippen LogP contribution in [0.3, 0.4) is 0 Å². The fourth-order valence-electron chi connectivity index (χ4n) is 2.82. The minimum Gasteiger partial charge on any atom is -0.482 e. The molecule has 0 aliphatic carbocycles. The molecule has 7 heteroatoms. The van der Waals surface area contributed by atoms with Gasteiger partial charge in [-0.1, -0.05) is 0 Å². The van der Waals surface area contributed by atoms with Crippen LogP contribution in [0.5, 0.6) is 5.75 Å². The molecule has 132 valence electrons. The molecular weight excluding hydrogens is 320 g/mol. The van der Waals surface area contributed by atoms with Gasteiger partial charge in [-0.15, -0.1) is 0 Å². The van der Waals surface area contributed by atoms with Crippen LogP contribution in [-0.4, -0.2) is 58.7 Å². The van der Waals surface area contributed by atoms with Crippen LogP contribution in [0.15, 0.2) is 36.9 Å². The Balaban J connectivity index is 1.56. The second-order valence-corrected chi connectivity index (χ2v) is 6.11. The Kier molecular flexibility index (Phi) is 5.90. The van der Waals surface area contributed by atoms with Crippen LogP contribution in [-0.2, 0) is 16.0 Å². The second-order valence-electron chi connectivity index (χ2n) is 6.11. The van der Waals surface area contributed by atoms with E-state index < -0.39 is 0 Å². The monoisotopic (exact) mass is 342 g/mol.